The minimum Gasteiger partial charge on any atom is -0.393 e. The molecular weight excluding hydrogens is 124 g/mol. The van der Waals surface area contributed by atoms with Crippen molar-refractivity contribution in [3.63, 3.8) is 0 Å². The van der Waals surface area contributed by atoms with Gasteiger partial charge in [-0.3, -0.25) is 0 Å². The van der Waals surface area contributed by atoms with Crippen LogP contribution in [0.1, 0.15) is 39.5 Å². The molecule has 0 saturated heterocycles. The maximum absolute atomic E-state index is 9.55. The van der Waals surface area contributed by atoms with Crippen LogP contribution in [0.15, 0.2) is 0 Å². The van der Waals surface area contributed by atoms with Crippen LogP contribution in [-0.4, -0.2) is 11.2 Å². The molecule has 0 bridgehead atoms. The lowest BCUT2D eigenvalue weighted by molar-refractivity contribution is -0.216. The fourth-order valence-electron chi connectivity index (χ4n) is 2.77. The Hall–Kier alpha value is -0.0400. The topological polar surface area (TPSA) is 20.2 Å². The molecule has 2 saturated carbocycles. The lowest BCUT2D eigenvalue weighted by Gasteiger charge is -2.65. The summed E-state index contributed by atoms with van der Waals surface area (Å²) in [4.78, 5) is 0. The minimum atomic E-state index is 0.0243. The second kappa shape index (κ2) is 1.58. The highest BCUT2D eigenvalue weighted by atomic mass is 16.3. The van der Waals surface area contributed by atoms with Gasteiger partial charge in [0.2, 0.25) is 0 Å². The lowest BCUT2D eigenvalue weighted by Crippen LogP contribution is -2.62. The molecule has 0 aromatic rings. The van der Waals surface area contributed by atoms with E-state index in [4.69, 9.17) is 0 Å². The van der Waals surface area contributed by atoms with Gasteiger partial charge in [0.05, 0.1) is 6.10 Å². The Morgan fingerprint density at radius 3 is 2.00 bits per heavy atom. The first-order valence-corrected chi connectivity index (χ1v) is 4.27. The molecule has 1 spiro atoms. The standard InChI is InChI=1S/C9H16O/c1-8(2)6-7(10)9(8)4-3-5-9/h7,10H,3-6H2,1-2H3. The first-order valence-electron chi connectivity index (χ1n) is 4.27. The zero-order valence-electron chi connectivity index (χ0n) is 6.85. The van der Waals surface area contributed by atoms with Crippen molar-refractivity contribution in [3.05, 3.63) is 0 Å². The predicted molar refractivity (Wildman–Crippen MR) is 40.7 cm³/mol. The summed E-state index contributed by atoms with van der Waals surface area (Å²) in [6.45, 7) is 4.58. The summed E-state index contributed by atoms with van der Waals surface area (Å²) < 4.78 is 0. The summed E-state index contributed by atoms with van der Waals surface area (Å²) in [6, 6.07) is 0. The minimum absolute atomic E-state index is 0.0243. The Labute approximate surface area is 62.4 Å². The molecule has 1 atom stereocenters. The molecule has 10 heavy (non-hydrogen) atoms. The average molecular weight is 140 g/mol. The monoisotopic (exact) mass is 140 g/mol. The maximum atomic E-state index is 9.55. The van der Waals surface area contributed by atoms with Gasteiger partial charge in [-0.05, 0) is 24.7 Å². The summed E-state index contributed by atoms with van der Waals surface area (Å²) in [5.74, 6) is 0. The van der Waals surface area contributed by atoms with E-state index in [1.165, 1.54) is 19.3 Å². The second-order valence-electron chi connectivity index (χ2n) is 4.61. The SMILES string of the molecule is CC1(C)CC(O)C12CCC2. The molecule has 0 radical (unpaired) electrons. The first-order chi connectivity index (χ1) is 4.58. The van der Waals surface area contributed by atoms with E-state index in [0.717, 1.165) is 6.42 Å². The number of aliphatic hydroxyl groups is 1. The van der Waals surface area contributed by atoms with Crippen molar-refractivity contribution in [2.75, 3.05) is 0 Å². The quantitative estimate of drug-likeness (QED) is 0.545. The highest BCUT2D eigenvalue weighted by molar-refractivity contribution is 5.12. The normalized spacial score (nSPS) is 40.5. The van der Waals surface area contributed by atoms with Gasteiger partial charge in [-0.2, -0.15) is 0 Å². The summed E-state index contributed by atoms with van der Waals surface area (Å²) in [7, 11) is 0. The number of hydrogen-bond donors (Lipinski definition) is 1. The van der Waals surface area contributed by atoms with Crippen LogP contribution in [0.2, 0.25) is 0 Å². The van der Waals surface area contributed by atoms with Crippen LogP contribution in [0.25, 0.3) is 0 Å². The van der Waals surface area contributed by atoms with E-state index in [1.54, 1.807) is 0 Å². The van der Waals surface area contributed by atoms with E-state index in [1.807, 2.05) is 0 Å². The third-order valence-corrected chi connectivity index (χ3v) is 3.94. The molecule has 0 aromatic carbocycles. The van der Waals surface area contributed by atoms with Gasteiger partial charge in [0, 0.05) is 5.41 Å². The van der Waals surface area contributed by atoms with E-state index in [-0.39, 0.29) is 6.10 Å². The van der Waals surface area contributed by atoms with Gasteiger partial charge in [0.15, 0.2) is 0 Å². The Morgan fingerprint density at radius 1 is 1.30 bits per heavy atom. The molecule has 2 aliphatic rings. The molecule has 1 nitrogen and oxygen atoms in total. The average Bonchev–Trinajstić information content (AvgIpc) is 1.55. The van der Waals surface area contributed by atoms with Gasteiger partial charge in [-0.25, -0.2) is 0 Å². The predicted octanol–water partition coefficient (Wildman–Crippen LogP) is 1.95. The molecule has 2 rings (SSSR count). The van der Waals surface area contributed by atoms with Crippen LogP contribution in [-0.2, 0) is 0 Å². The number of hydrogen-bond acceptors (Lipinski definition) is 1. The van der Waals surface area contributed by atoms with Gasteiger partial charge in [-0.15, -0.1) is 0 Å². The van der Waals surface area contributed by atoms with Crippen LogP contribution < -0.4 is 0 Å². The Bertz CT molecular complexity index is 156. The van der Waals surface area contributed by atoms with Gasteiger partial charge in [0.25, 0.3) is 0 Å². The largest absolute Gasteiger partial charge is 0.393 e. The van der Waals surface area contributed by atoms with Gasteiger partial charge in [0.1, 0.15) is 0 Å². The molecule has 1 unspecified atom stereocenters. The maximum Gasteiger partial charge on any atom is 0.0606 e. The van der Waals surface area contributed by atoms with Crippen molar-refractivity contribution in [2.45, 2.75) is 45.6 Å². The van der Waals surface area contributed by atoms with Gasteiger partial charge < -0.3 is 5.11 Å². The van der Waals surface area contributed by atoms with E-state index in [9.17, 15) is 5.11 Å². The highest BCUT2D eigenvalue weighted by Crippen LogP contribution is 2.66. The summed E-state index contributed by atoms with van der Waals surface area (Å²) in [5, 5.41) is 9.55. The van der Waals surface area contributed by atoms with Crippen molar-refractivity contribution < 1.29 is 5.11 Å². The molecule has 0 heterocycles. The van der Waals surface area contributed by atoms with Crippen LogP contribution in [0.3, 0.4) is 0 Å². The molecule has 0 aromatic heterocycles. The fourth-order valence-corrected chi connectivity index (χ4v) is 2.77. The summed E-state index contributed by atoms with van der Waals surface area (Å²) >= 11 is 0. The zero-order chi connectivity index (χ0) is 7.41. The zero-order valence-corrected chi connectivity index (χ0v) is 6.85. The molecule has 1 heteroatoms. The third-order valence-electron chi connectivity index (χ3n) is 3.94. The fraction of sp³-hybridized carbons (Fsp3) is 1.00. The van der Waals surface area contributed by atoms with Crippen molar-refractivity contribution in [3.8, 4) is 0 Å². The smallest absolute Gasteiger partial charge is 0.0606 e. The molecular formula is C9H16O. The second-order valence-corrected chi connectivity index (χ2v) is 4.61. The number of rotatable bonds is 0. The third kappa shape index (κ3) is 0.493. The molecule has 2 fully saturated rings. The Morgan fingerprint density at radius 2 is 1.90 bits per heavy atom. The lowest BCUT2D eigenvalue weighted by atomic mass is 9.41. The van der Waals surface area contributed by atoms with Crippen LogP contribution >= 0.6 is 0 Å². The summed E-state index contributed by atoms with van der Waals surface area (Å²) in [6.07, 6.45) is 4.91. The van der Waals surface area contributed by atoms with Gasteiger partial charge in [-0.1, -0.05) is 20.3 Å². The van der Waals surface area contributed by atoms with Crippen molar-refractivity contribution >= 4 is 0 Å². The molecule has 58 valence electrons. The van der Waals surface area contributed by atoms with Crippen LogP contribution in [0.4, 0.5) is 0 Å². The van der Waals surface area contributed by atoms with Gasteiger partial charge >= 0.3 is 0 Å². The Kier molecular flexibility index (Phi) is 1.05. The van der Waals surface area contributed by atoms with Crippen molar-refractivity contribution in [1.29, 1.82) is 0 Å². The van der Waals surface area contributed by atoms with Crippen LogP contribution in [0.5, 0.6) is 0 Å². The molecule has 1 N–H and O–H groups in total. The number of aliphatic hydroxyl groups excluding tert-OH is 1. The van der Waals surface area contributed by atoms with Crippen molar-refractivity contribution in [2.24, 2.45) is 10.8 Å². The van der Waals surface area contributed by atoms with E-state index >= 15 is 0 Å². The molecule has 2 aliphatic carbocycles. The van der Waals surface area contributed by atoms with E-state index < -0.39 is 0 Å². The summed E-state index contributed by atoms with van der Waals surface area (Å²) in [5.41, 5.74) is 0.789. The first kappa shape index (κ1) is 6.66. The Balaban J connectivity index is 2.18. The van der Waals surface area contributed by atoms with E-state index in [2.05, 4.69) is 13.8 Å². The molecule has 0 aliphatic heterocycles. The van der Waals surface area contributed by atoms with Crippen molar-refractivity contribution in [1.82, 2.24) is 0 Å². The highest BCUT2D eigenvalue weighted by Gasteiger charge is 2.62. The molecule has 0 amide bonds. The van der Waals surface area contributed by atoms with Crippen LogP contribution in [0, 0.1) is 10.8 Å². The van der Waals surface area contributed by atoms with E-state index in [0.29, 0.717) is 10.8 Å².